The number of carbonyl (C=O) groups is 2. The van der Waals surface area contributed by atoms with Crippen LogP contribution in [0.1, 0.15) is 40.5 Å². The Hall–Kier alpha value is -1.32. The van der Waals surface area contributed by atoms with E-state index in [0.717, 1.165) is 0 Å². The van der Waals surface area contributed by atoms with Gasteiger partial charge in [0.05, 0.1) is 6.10 Å². The van der Waals surface area contributed by atoms with Gasteiger partial charge in [-0.15, -0.1) is 0 Å². The van der Waals surface area contributed by atoms with Crippen molar-refractivity contribution in [2.45, 2.75) is 46.6 Å². The number of allylic oxidation sites excluding steroid dienone is 1. The van der Waals surface area contributed by atoms with Gasteiger partial charge in [0.1, 0.15) is 11.3 Å². The van der Waals surface area contributed by atoms with Crippen molar-refractivity contribution < 1.29 is 19.4 Å². The zero-order valence-corrected chi connectivity index (χ0v) is 10.2. The van der Waals surface area contributed by atoms with Gasteiger partial charge in [-0.3, -0.25) is 4.79 Å². The van der Waals surface area contributed by atoms with Gasteiger partial charge in [0.2, 0.25) is 0 Å². The molecule has 1 aliphatic carbocycles. The topological polar surface area (TPSA) is 63.6 Å². The van der Waals surface area contributed by atoms with E-state index < -0.39 is 5.97 Å². The van der Waals surface area contributed by atoms with Crippen molar-refractivity contribution in [1.29, 1.82) is 0 Å². The van der Waals surface area contributed by atoms with Crippen molar-refractivity contribution >= 4 is 11.8 Å². The largest absolute Gasteiger partial charge is 0.511 e. The Bertz CT molecular complexity index is 350. The number of ether oxygens (including phenoxy) is 1. The van der Waals surface area contributed by atoms with Crippen LogP contribution in [0.25, 0.3) is 0 Å². The molecule has 0 aromatic rings. The number of aliphatic hydroxyl groups excluding tert-OH is 1. The zero-order valence-electron chi connectivity index (χ0n) is 10.2. The fourth-order valence-corrected chi connectivity index (χ4v) is 1.79. The Morgan fingerprint density at radius 1 is 1.38 bits per heavy atom. The van der Waals surface area contributed by atoms with E-state index in [2.05, 4.69) is 0 Å². The molecule has 16 heavy (non-hydrogen) atoms. The van der Waals surface area contributed by atoms with Crippen molar-refractivity contribution in [2.24, 2.45) is 5.41 Å². The highest BCUT2D eigenvalue weighted by molar-refractivity contribution is 6.18. The van der Waals surface area contributed by atoms with Crippen LogP contribution in [0.4, 0.5) is 0 Å². The summed E-state index contributed by atoms with van der Waals surface area (Å²) in [5.74, 6) is -1.20. The number of hydrogen-bond donors (Lipinski definition) is 1. The molecule has 0 aromatic heterocycles. The molecule has 1 aliphatic rings. The van der Waals surface area contributed by atoms with E-state index in [1.54, 1.807) is 13.8 Å². The maximum atomic E-state index is 11.7. The molecule has 4 nitrogen and oxygen atoms in total. The number of rotatable bonds is 2. The van der Waals surface area contributed by atoms with Gasteiger partial charge in [-0.2, -0.15) is 0 Å². The standard InChI is InChI=1S/C12H18O4/c1-7(2)16-11(15)10-8(13)5-12(3,4)6-9(10)14/h7,13H,5-6H2,1-4H3. The molecule has 4 heteroatoms. The van der Waals surface area contributed by atoms with Crippen LogP contribution in [-0.2, 0) is 14.3 Å². The van der Waals surface area contributed by atoms with Gasteiger partial charge in [0.15, 0.2) is 5.78 Å². The van der Waals surface area contributed by atoms with Crippen molar-refractivity contribution in [1.82, 2.24) is 0 Å². The molecular weight excluding hydrogens is 208 g/mol. The quantitative estimate of drug-likeness (QED) is 0.578. The Morgan fingerprint density at radius 3 is 2.38 bits per heavy atom. The molecule has 0 fully saturated rings. The summed E-state index contributed by atoms with van der Waals surface area (Å²) in [6, 6.07) is 0. The van der Waals surface area contributed by atoms with Gasteiger partial charge in [-0.1, -0.05) is 13.8 Å². The van der Waals surface area contributed by atoms with Gasteiger partial charge < -0.3 is 9.84 Å². The van der Waals surface area contributed by atoms with E-state index in [-0.39, 0.29) is 35.1 Å². The monoisotopic (exact) mass is 226 g/mol. The summed E-state index contributed by atoms with van der Waals surface area (Å²) in [4.78, 5) is 23.3. The number of aliphatic hydroxyl groups is 1. The first-order chi connectivity index (χ1) is 7.23. The molecule has 0 aromatic carbocycles. The summed E-state index contributed by atoms with van der Waals surface area (Å²) >= 11 is 0. The minimum absolute atomic E-state index is 0.146. The Balaban J connectivity index is 2.95. The van der Waals surface area contributed by atoms with Crippen LogP contribution in [-0.4, -0.2) is 23.0 Å². The van der Waals surface area contributed by atoms with E-state index >= 15 is 0 Å². The lowest BCUT2D eigenvalue weighted by Crippen LogP contribution is -2.30. The van der Waals surface area contributed by atoms with Gasteiger partial charge in [0, 0.05) is 12.8 Å². The summed E-state index contributed by atoms with van der Waals surface area (Å²) in [5.41, 5.74) is -0.462. The van der Waals surface area contributed by atoms with E-state index in [1.165, 1.54) is 0 Å². The smallest absolute Gasteiger partial charge is 0.345 e. The predicted octanol–water partition coefficient (Wildman–Crippen LogP) is 2.14. The van der Waals surface area contributed by atoms with Crippen LogP contribution in [0, 0.1) is 5.41 Å². The Labute approximate surface area is 95.3 Å². The summed E-state index contributed by atoms with van der Waals surface area (Å²) in [6.45, 7) is 7.16. The maximum absolute atomic E-state index is 11.7. The lowest BCUT2D eigenvalue weighted by molar-refractivity contribution is -0.144. The second kappa shape index (κ2) is 4.28. The molecule has 0 amide bonds. The van der Waals surface area contributed by atoms with Crippen LogP contribution in [0.5, 0.6) is 0 Å². The maximum Gasteiger partial charge on any atom is 0.345 e. The van der Waals surface area contributed by atoms with Crippen LogP contribution in [0.3, 0.4) is 0 Å². The fraction of sp³-hybridized carbons (Fsp3) is 0.667. The SMILES string of the molecule is CC(C)OC(=O)C1=C(O)CC(C)(C)CC1=O. The first-order valence-electron chi connectivity index (χ1n) is 5.39. The molecule has 0 heterocycles. The molecule has 90 valence electrons. The number of Topliss-reactive ketones (excluding diaryl/α,β-unsaturated/α-hetero) is 1. The van der Waals surface area contributed by atoms with E-state index in [1.807, 2.05) is 13.8 Å². The number of esters is 1. The summed E-state index contributed by atoms with van der Waals surface area (Å²) in [6.07, 6.45) is 0.302. The molecule has 0 unspecified atom stereocenters. The highest BCUT2D eigenvalue weighted by Gasteiger charge is 2.37. The highest BCUT2D eigenvalue weighted by atomic mass is 16.5. The van der Waals surface area contributed by atoms with Crippen LogP contribution in [0.15, 0.2) is 11.3 Å². The van der Waals surface area contributed by atoms with Crippen molar-refractivity contribution in [2.75, 3.05) is 0 Å². The fourth-order valence-electron chi connectivity index (χ4n) is 1.79. The second-order valence-electron chi connectivity index (χ2n) is 5.22. The zero-order chi connectivity index (χ0) is 12.5. The molecule has 1 rings (SSSR count). The van der Waals surface area contributed by atoms with Crippen molar-refractivity contribution in [3.63, 3.8) is 0 Å². The van der Waals surface area contributed by atoms with Crippen LogP contribution in [0.2, 0.25) is 0 Å². The molecule has 0 radical (unpaired) electrons. The first-order valence-corrected chi connectivity index (χ1v) is 5.39. The lowest BCUT2D eigenvalue weighted by Gasteiger charge is -2.28. The molecule has 0 saturated carbocycles. The highest BCUT2D eigenvalue weighted by Crippen LogP contribution is 2.36. The third-order valence-corrected chi connectivity index (χ3v) is 2.40. The van der Waals surface area contributed by atoms with Gasteiger partial charge in [0.25, 0.3) is 0 Å². The molecule has 0 saturated heterocycles. The van der Waals surface area contributed by atoms with Crippen LogP contribution >= 0.6 is 0 Å². The number of carbonyl (C=O) groups excluding carboxylic acids is 2. The Kier molecular flexibility index (Phi) is 3.41. The third-order valence-electron chi connectivity index (χ3n) is 2.40. The van der Waals surface area contributed by atoms with Gasteiger partial charge >= 0.3 is 5.97 Å². The van der Waals surface area contributed by atoms with Gasteiger partial charge in [-0.25, -0.2) is 4.79 Å². The minimum atomic E-state index is -0.715. The predicted molar refractivity (Wildman–Crippen MR) is 58.9 cm³/mol. The van der Waals surface area contributed by atoms with E-state index in [4.69, 9.17) is 4.74 Å². The van der Waals surface area contributed by atoms with Gasteiger partial charge in [-0.05, 0) is 19.3 Å². The molecule has 0 bridgehead atoms. The van der Waals surface area contributed by atoms with E-state index in [9.17, 15) is 14.7 Å². The first kappa shape index (κ1) is 12.7. The van der Waals surface area contributed by atoms with Crippen LogP contribution < -0.4 is 0 Å². The van der Waals surface area contributed by atoms with E-state index in [0.29, 0.717) is 6.42 Å². The summed E-state index contributed by atoms with van der Waals surface area (Å²) in [5, 5.41) is 9.72. The average molecular weight is 226 g/mol. The molecule has 0 aliphatic heterocycles. The average Bonchev–Trinajstić information content (AvgIpc) is 1.96. The third kappa shape index (κ3) is 2.84. The summed E-state index contributed by atoms with van der Waals surface area (Å²) in [7, 11) is 0. The molecular formula is C12H18O4. The Morgan fingerprint density at radius 2 is 1.94 bits per heavy atom. The van der Waals surface area contributed by atoms with Crippen molar-refractivity contribution in [3.8, 4) is 0 Å². The lowest BCUT2D eigenvalue weighted by atomic mass is 9.76. The molecule has 0 atom stereocenters. The minimum Gasteiger partial charge on any atom is -0.511 e. The normalized spacial score (nSPS) is 20.2. The molecule has 1 N–H and O–H groups in total. The summed E-state index contributed by atoms with van der Waals surface area (Å²) < 4.78 is 4.92. The number of hydrogen-bond acceptors (Lipinski definition) is 4. The van der Waals surface area contributed by atoms with Crippen molar-refractivity contribution in [3.05, 3.63) is 11.3 Å². The second-order valence-corrected chi connectivity index (χ2v) is 5.22. The molecule has 0 spiro atoms. The number of ketones is 1.